The summed E-state index contributed by atoms with van der Waals surface area (Å²) in [6, 6.07) is 27.1. The Bertz CT molecular complexity index is 1510. The van der Waals surface area contributed by atoms with Crippen LogP contribution in [0.3, 0.4) is 0 Å². The fourth-order valence-electron chi connectivity index (χ4n) is 6.15. The molecular weight excluding hydrogens is 504 g/mol. The van der Waals surface area contributed by atoms with Crippen molar-refractivity contribution in [3.63, 3.8) is 0 Å². The molecule has 0 unspecified atom stereocenters. The van der Waals surface area contributed by atoms with E-state index in [0.717, 1.165) is 80.7 Å². The van der Waals surface area contributed by atoms with Crippen LogP contribution < -0.4 is 9.47 Å². The third-order valence-electron chi connectivity index (χ3n) is 8.59. The van der Waals surface area contributed by atoms with E-state index in [1.165, 1.54) is 44.5 Å². The van der Waals surface area contributed by atoms with Gasteiger partial charge in [0.25, 0.3) is 0 Å². The van der Waals surface area contributed by atoms with E-state index in [9.17, 15) is 0 Å². The first-order valence-corrected chi connectivity index (χ1v) is 15.1. The number of ether oxygens (including phenoxy) is 2. The molecule has 0 saturated carbocycles. The number of aryl methyl sites for hydroxylation is 8. The van der Waals surface area contributed by atoms with Gasteiger partial charge in [0.05, 0.1) is 24.6 Å². The van der Waals surface area contributed by atoms with Gasteiger partial charge in [-0.2, -0.15) is 0 Å². The molecule has 0 fully saturated rings. The van der Waals surface area contributed by atoms with Crippen LogP contribution in [0.2, 0.25) is 0 Å². The maximum atomic E-state index is 6.40. The van der Waals surface area contributed by atoms with E-state index in [2.05, 4.69) is 72.8 Å². The zero-order valence-electron chi connectivity index (χ0n) is 23.6. The van der Waals surface area contributed by atoms with Gasteiger partial charge in [-0.15, -0.1) is 0 Å². The summed E-state index contributed by atoms with van der Waals surface area (Å²) in [5, 5.41) is 0. The second-order valence-corrected chi connectivity index (χ2v) is 11.4. The molecule has 9 aliphatic rings. The Kier molecular flexibility index (Phi) is 7.38. The maximum absolute atomic E-state index is 6.40. The van der Waals surface area contributed by atoms with Crippen LogP contribution in [0.4, 0.5) is 11.4 Å². The van der Waals surface area contributed by atoms with Crippen LogP contribution in [0, 0.1) is 0 Å². The van der Waals surface area contributed by atoms with Gasteiger partial charge in [0, 0.05) is 18.9 Å². The number of nitrogens with zero attached hydrogens (tertiary/aromatic N) is 2. The van der Waals surface area contributed by atoms with E-state index in [1.54, 1.807) is 0 Å². The molecule has 0 amide bonds. The Labute approximate surface area is 242 Å². The molecule has 12 bridgehead atoms. The van der Waals surface area contributed by atoms with Gasteiger partial charge in [-0.1, -0.05) is 48.5 Å². The first-order valence-electron chi connectivity index (χ1n) is 15.1. The average Bonchev–Trinajstić information content (AvgIpc) is 2.98. The van der Waals surface area contributed by atoms with E-state index in [1.807, 2.05) is 12.4 Å². The normalized spacial score (nSPS) is 16.4. The predicted molar refractivity (Wildman–Crippen MR) is 167 cm³/mol. The minimum atomic E-state index is 0.646. The van der Waals surface area contributed by atoms with Crippen molar-refractivity contribution >= 4 is 23.8 Å². The summed E-state index contributed by atoms with van der Waals surface area (Å²) >= 11 is 0. The van der Waals surface area contributed by atoms with Gasteiger partial charge >= 0.3 is 0 Å². The van der Waals surface area contributed by atoms with Crippen molar-refractivity contribution in [2.75, 3.05) is 13.2 Å². The van der Waals surface area contributed by atoms with Crippen molar-refractivity contribution in [1.29, 1.82) is 0 Å². The van der Waals surface area contributed by atoms with Gasteiger partial charge in [-0.3, -0.25) is 9.98 Å². The monoisotopic (exact) mass is 540 g/mol. The van der Waals surface area contributed by atoms with Gasteiger partial charge in [0.2, 0.25) is 0 Å². The fraction of sp³-hybridized carbons (Fsp3) is 0.297. The third kappa shape index (κ3) is 5.97. The highest BCUT2D eigenvalue weighted by molar-refractivity contribution is 6.17. The van der Waals surface area contributed by atoms with Crippen molar-refractivity contribution in [3.8, 4) is 11.5 Å². The van der Waals surface area contributed by atoms with Crippen molar-refractivity contribution in [3.05, 3.63) is 117 Å². The first-order chi connectivity index (χ1) is 20.3. The molecule has 0 aromatic heterocycles. The van der Waals surface area contributed by atoms with Crippen molar-refractivity contribution in [2.45, 2.75) is 57.8 Å². The highest BCUT2D eigenvalue weighted by atomic mass is 16.5. The fourth-order valence-corrected chi connectivity index (χ4v) is 6.15. The van der Waals surface area contributed by atoms with Crippen LogP contribution in [0.1, 0.15) is 50.9 Å². The Morgan fingerprint density at radius 3 is 1.27 bits per heavy atom. The number of benzene rings is 4. The second kappa shape index (κ2) is 11.7. The highest BCUT2D eigenvalue weighted by Gasteiger charge is 2.14. The number of rotatable bonds is 0. The van der Waals surface area contributed by atoms with Crippen LogP contribution in [0.5, 0.6) is 11.5 Å². The maximum Gasteiger partial charge on any atom is 0.122 e. The van der Waals surface area contributed by atoms with Gasteiger partial charge in [0.15, 0.2) is 0 Å². The topological polar surface area (TPSA) is 43.2 Å². The number of hydrogen-bond donors (Lipinski definition) is 0. The molecule has 0 radical (unpaired) electrons. The van der Waals surface area contributed by atoms with Gasteiger partial charge in [-0.25, -0.2) is 0 Å². The molecule has 41 heavy (non-hydrogen) atoms. The molecule has 4 nitrogen and oxygen atoms in total. The van der Waals surface area contributed by atoms with Crippen LogP contribution in [-0.4, -0.2) is 25.6 Å². The standard InChI is InChI=1S/C37H36N2O2/c1-20-40-36-24-28-4-12-30-10-2-26(6-14-32(36)16-8-28)22-34(30)38-18-19-39-35-23-27-3-11-31(35)13-5-29-9-17-33(15-7-27)37(25-29)41-21-1/h2-3,8-11,16-19,22-25H,1,4-7,12-15,20-21H2. The first kappa shape index (κ1) is 25.8. The average molecular weight is 541 g/mol. The molecule has 206 valence electrons. The van der Waals surface area contributed by atoms with E-state index in [0.29, 0.717) is 13.2 Å². The molecule has 4 heteroatoms. The third-order valence-corrected chi connectivity index (χ3v) is 8.59. The lowest BCUT2D eigenvalue weighted by Gasteiger charge is -2.17. The summed E-state index contributed by atoms with van der Waals surface area (Å²) < 4.78 is 12.8. The summed E-state index contributed by atoms with van der Waals surface area (Å²) in [7, 11) is 0. The second-order valence-electron chi connectivity index (χ2n) is 11.4. The van der Waals surface area contributed by atoms with Crippen LogP contribution in [0.15, 0.2) is 82.8 Å². The lowest BCUT2D eigenvalue weighted by Crippen LogP contribution is -2.09. The van der Waals surface area contributed by atoms with E-state index in [-0.39, 0.29) is 0 Å². The molecule has 0 saturated heterocycles. The molecule has 1 aliphatic heterocycles. The van der Waals surface area contributed by atoms with Gasteiger partial charge in [-0.05, 0) is 120 Å². The molecule has 8 aliphatic carbocycles. The van der Waals surface area contributed by atoms with Crippen molar-refractivity contribution in [1.82, 2.24) is 0 Å². The molecule has 4 aromatic carbocycles. The largest absolute Gasteiger partial charge is 0.493 e. The lowest BCUT2D eigenvalue weighted by atomic mass is 9.95. The Hall–Kier alpha value is -4.18. The van der Waals surface area contributed by atoms with Crippen molar-refractivity contribution in [2.24, 2.45) is 9.98 Å². The van der Waals surface area contributed by atoms with Gasteiger partial charge < -0.3 is 9.47 Å². The summed E-state index contributed by atoms with van der Waals surface area (Å²) in [6.45, 7) is 1.29. The zero-order chi connectivity index (χ0) is 27.4. The molecule has 4 aromatic rings. The SMILES string of the molecule is C1=Nc2cc3ccc2CCc2ccc(c(c2)OCCCOc2cc4ccc2CCc2ccc(c(c2)N=C1)CC4)CC3. The Morgan fingerprint density at radius 1 is 0.415 bits per heavy atom. The van der Waals surface area contributed by atoms with Crippen LogP contribution in [0.25, 0.3) is 0 Å². The molecule has 0 atom stereocenters. The Morgan fingerprint density at radius 2 is 0.805 bits per heavy atom. The molecule has 0 N–H and O–H groups in total. The predicted octanol–water partition coefficient (Wildman–Crippen LogP) is 7.72. The zero-order valence-corrected chi connectivity index (χ0v) is 23.6. The van der Waals surface area contributed by atoms with Crippen LogP contribution in [-0.2, 0) is 51.4 Å². The molecule has 1 heterocycles. The molecule has 13 rings (SSSR count). The van der Waals surface area contributed by atoms with E-state index < -0.39 is 0 Å². The van der Waals surface area contributed by atoms with E-state index in [4.69, 9.17) is 19.5 Å². The highest BCUT2D eigenvalue weighted by Crippen LogP contribution is 2.31. The summed E-state index contributed by atoms with van der Waals surface area (Å²) in [6.07, 6.45) is 12.1. The lowest BCUT2D eigenvalue weighted by molar-refractivity contribution is 0.244. The van der Waals surface area contributed by atoms with Crippen LogP contribution >= 0.6 is 0 Å². The van der Waals surface area contributed by atoms with E-state index >= 15 is 0 Å². The molecule has 0 spiro atoms. The minimum absolute atomic E-state index is 0.646. The number of aliphatic imine (C=N–C) groups is 2. The Balaban J connectivity index is 1.27. The molecular formula is C37H36N2O2. The van der Waals surface area contributed by atoms with Crippen molar-refractivity contribution < 1.29 is 9.47 Å². The summed E-state index contributed by atoms with van der Waals surface area (Å²) in [5.74, 6) is 2.04. The van der Waals surface area contributed by atoms with Gasteiger partial charge in [0.1, 0.15) is 11.5 Å². The number of hydrogen-bond acceptors (Lipinski definition) is 4. The quantitative estimate of drug-likeness (QED) is 0.229. The smallest absolute Gasteiger partial charge is 0.122 e. The summed E-state index contributed by atoms with van der Waals surface area (Å²) in [4.78, 5) is 9.82. The minimum Gasteiger partial charge on any atom is -0.493 e. The summed E-state index contributed by atoms with van der Waals surface area (Å²) in [5.41, 5.74) is 12.4.